The predicted molar refractivity (Wildman–Crippen MR) is 115 cm³/mol. The molecule has 0 spiro atoms. The zero-order chi connectivity index (χ0) is 19.8. The minimum Gasteiger partial charge on any atom is -0.356 e. The fourth-order valence-corrected chi connectivity index (χ4v) is 3.60. The van der Waals surface area contributed by atoms with Crippen LogP contribution in [0.1, 0.15) is 34.1 Å². The van der Waals surface area contributed by atoms with E-state index in [0.29, 0.717) is 24.4 Å². The van der Waals surface area contributed by atoms with Gasteiger partial charge in [-0.1, -0.05) is 55.5 Å². The highest BCUT2D eigenvalue weighted by Gasteiger charge is 2.19. The first-order chi connectivity index (χ1) is 13.7. The fraction of sp³-hybridized carbons (Fsp3) is 0.217. The summed E-state index contributed by atoms with van der Waals surface area (Å²) >= 11 is 1.43. The predicted octanol–water partition coefficient (Wildman–Crippen LogP) is 4.66. The number of hydrogen-bond donors (Lipinski definition) is 1. The molecule has 0 saturated carbocycles. The van der Waals surface area contributed by atoms with Gasteiger partial charge in [0.15, 0.2) is 0 Å². The monoisotopic (exact) mass is 392 g/mol. The Bertz CT molecular complexity index is 907. The topological polar surface area (TPSA) is 49.4 Å². The van der Waals surface area contributed by atoms with Gasteiger partial charge in [-0.2, -0.15) is 0 Å². The maximum atomic E-state index is 13.1. The van der Waals surface area contributed by atoms with E-state index in [1.54, 1.807) is 4.90 Å². The number of amides is 2. The molecule has 0 saturated heterocycles. The molecule has 0 aliphatic heterocycles. The van der Waals surface area contributed by atoms with Gasteiger partial charge in [-0.3, -0.25) is 9.59 Å². The molecule has 3 aromatic rings. The van der Waals surface area contributed by atoms with Crippen LogP contribution in [0.15, 0.2) is 72.1 Å². The molecule has 3 rings (SSSR count). The number of thiophene rings is 1. The van der Waals surface area contributed by atoms with E-state index in [9.17, 15) is 9.59 Å². The summed E-state index contributed by atoms with van der Waals surface area (Å²) in [6.07, 6.45) is 1.21. The standard InChI is InChI=1S/C23H24N2O2S/c1-2-13-24-22(26)16-19-10-6-11-20(15-19)25(17-18-8-4-3-5-9-18)23(27)21-12-7-14-28-21/h3-12,14-15H,2,13,16-17H2,1H3,(H,24,26). The maximum Gasteiger partial charge on any atom is 0.268 e. The number of anilines is 1. The van der Waals surface area contributed by atoms with Gasteiger partial charge in [0.1, 0.15) is 0 Å². The van der Waals surface area contributed by atoms with Crippen LogP contribution in [0.4, 0.5) is 5.69 Å². The second-order valence-electron chi connectivity index (χ2n) is 6.55. The van der Waals surface area contributed by atoms with Crippen molar-refractivity contribution in [2.45, 2.75) is 26.3 Å². The fourth-order valence-electron chi connectivity index (χ4n) is 2.93. The molecule has 0 fully saturated rings. The Labute approximate surface area is 169 Å². The molecule has 2 amide bonds. The Morgan fingerprint density at radius 3 is 2.46 bits per heavy atom. The molecule has 4 nitrogen and oxygen atoms in total. The van der Waals surface area contributed by atoms with E-state index in [2.05, 4.69) is 5.32 Å². The van der Waals surface area contributed by atoms with Gasteiger partial charge in [0, 0.05) is 12.2 Å². The van der Waals surface area contributed by atoms with Crippen molar-refractivity contribution in [3.05, 3.63) is 88.1 Å². The number of nitrogens with zero attached hydrogens (tertiary/aromatic N) is 1. The zero-order valence-electron chi connectivity index (χ0n) is 15.9. The Hall–Kier alpha value is -2.92. The van der Waals surface area contributed by atoms with Gasteiger partial charge in [-0.05, 0) is 41.1 Å². The molecular formula is C23H24N2O2S. The number of carbonyl (C=O) groups is 2. The van der Waals surface area contributed by atoms with E-state index in [4.69, 9.17) is 0 Å². The lowest BCUT2D eigenvalue weighted by atomic mass is 10.1. The molecule has 0 atom stereocenters. The molecule has 2 aromatic carbocycles. The maximum absolute atomic E-state index is 13.1. The van der Waals surface area contributed by atoms with E-state index in [-0.39, 0.29) is 11.8 Å². The molecule has 0 aliphatic rings. The molecule has 0 unspecified atom stereocenters. The Morgan fingerprint density at radius 1 is 0.964 bits per heavy atom. The van der Waals surface area contributed by atoms with Crippen LogP contribution >= 0.6 is 11.3 Å². The second-order valence-corrected chi connectivity index (χ2v) is 7.50. The number of carbonyl (C=O) groups excluding carboxylic acids is 2. The van der Waals surface area contributed by atoms with Crippen molar-refractivity contribution in [1.82, 2.24) is 5.32 Å². The minimum atomic E-state index is -0.0357. The van der Waals surface area contributed by atoms with Crippen LogP contribution in [-0.4, -0.2) is 18.4 Å². The summed E-state index contributed by atoms with van der Waals surface area (Å²) in [6.45, 7) is 3.18. The summed E-state index contributed by atoms with van der Waals surface area (Å²) in [6, 6.07) is 21.3. The Balaban J connectivity index is 1.86. The molecule has 5 heteroatoms. The van der Waals surface area contributed by atoms with Crippen LogP contribution in [-0.2, 0) is 17.8 Å². The summed E-state index contributed by atoms with van der Waals surface area (Å²) in [5, 5.41) is 4.80. The molecular weight excluding hydrogens is 368 g/mol. The van der Waals surface area contributed by atoms with Gasteiger partial charge in [0.25, 0.3) is 5.91 Å². The number of nitrogens with one attached hydrogen (secondary N) is 1. The molecule has 0 aliphatic carbocycles. The molecule has 1 aromatic heterocycles. The quantitative estimate of drug-likeness (QED) is 0.606. The van der Waals surface area contributed by atoms with Crippen LogP contribution in [0.2, 0.25) is 0 Å². The van der Waals surface area contributed by atoms with E-state index in [0.717, 1.165) is 23.2 Å². The summed E-state index contributed by atoms with van der Waals surface area (Å²) in [7, 11) is 0. The van der Waals surface area contributed by atoms with Crippen LogP contribution < -0.4 is 10.2 Å². The normalized spacial score (nSPS) is 10.5. The number of benzene rings is 2. The van der Waals surface area contributed by atoms with Gasteiger partial charge in [-0.15, -0.1) is 11.3 Å². The minimum absolute atomic E-state index is 0.00167. The lowest BCUT2D eigenvalue weighted by Crippen LogP contribution is -2.30. The Morgan fingerprint density at radius 2 is 1.75 bits per heavy atom. The smallest absolute Gasteiger partial charge is 0.268 e. The van der Waals surface area contributed by atoms with Gasteiger partial charge in [0.2, 0.25) is 5.91 Å². The van der Waals surface area contributed by atoms with Crippen molar-refractivity contribution in [3.8, 4) is 0 Å². The average Bonchev–Trinajstić information content (AvgIpc) is 3.26. The third-order valence-electron chi connectivity index (χ3n) is 4.32. The third kappa shape index (κ3) is 5.30. The SMILES string of the molecule is CCCNC(=O)Cc1cccc(N(Cc2ccccc2)C(=O)c2cccs2)c1. The van der Waals surface area contributed by atoms with Crippen molar-refractivity contribution in [2.75, 3.05) is 11.4 Å². The van der Waals surface area contributed by atoms with Crippen molar-refractivity contribution in [2.24, 2.45) is 0 Å². The molecule has 1 heterocycles. The van der Waals surface area contributed by atoms with Crippen LogP contribution in [0.5, 0.6) is 0 Å². The molecule has 0 radical (unpaired) electrons. The van der Waals surface area contributed by atoms with Gasteiger partial charge in [0.05, 0.1) is 17.8 Å². The summed E-state index contributed by atoms with van der Waals surface area (Å²) in [5.74, 6) is -0.0374. The van der Waals surface area contributed by atoms with Crippen LogP contribution in [0.3, 0.4) is 0 Å². The third-order valence-corrected chi connectivity index (χ3v) is 5.18. The van der Waals surface area contributed by atoms with Crippen LogP contribution in [0, 0.1) is 0 Å². The van der Waals surface area contributed by atoms with Crippen molar-refractivity contribution >= 4 is 28.8 Å². The summed E-state index contributed by atoms with van der Waals surface area (Å²) < 4.78 is 0. The van der Waals surface area contributed by atoms with Gasteiger partial charge < -0.3 is 10.2 Å². The highest BCUT2D eigenvalue weighted by atomic mass is 32.1. The Kier molecular flexibility index (Phi) is 6.98. The summed E-state index contributed by atoms with van der Waals surface area (Å²) in [4.78, 5) is 27.7. The first kappa shape index (κ1) is 19.8. The lowest BCUT2D eigenvalue weighted by Gasteiger charge is -2.23. The highest BCUT2D eigenvalue weighted by molar-refractivity contribution is 7.12. The van der Waals surface area contributed by atoms with Crippen LogP contribution in [0.25, 0.3) is 0 Å². The largest absolute Gasteiger partial charge is 0.356 e. The van der Waals surface area contributed by atoms with Gasteiger partial charge in [-0.25, -0.2) is 0 Å². The molecule has 144 valence electrons. The molecule has 28 heavy (non-hydrogen) atoms. The van der Waals surface area contributed by atoms with Crippen molar-refractivity contribution in [3.63, 3.8) is 0 Å². The van der Waals surface area contributed by atoms with E-state index in [1.165, 1.54) is 11.3 Å². The second kappa shape index (κ2) is 9.85. The first-order valence-electron chi connectivity index (χ1n) is 9.42. The van der Waals surface area contributed by atoms with E-state index in [1.807, 2.05) is 79.0 Å². The molecule has 1 N–H and O–H groups in total. The van der Waals surface area contributed by atoms with E-state index >= 15 is 0 Å². The number of rotatable bonds is 8. The van der Waals surface area contributed by atoms with Crippen molar-refractivity contribution in [1.29, 1.82) is 0 Å². The van der Waals surface area contributed by atoms with Crippen molar-refractivity contribution < 1.29 is 9.59 Å². The lowest BCUT2D eigenvalue weighted by molar-refractivity contribution is -0.120. The van der Waals surface area contributed by atoms with Gasteiger partial charge >= 0.3 is 0 Å². The first-order valence-corrected chi connectivity index (χ1v) is 10.3. The zero-order valence-corrected chi connectivity index (χ0v) is 16.7. The highest BCUT2D eigenvalue weighted by Crippen LogP contribution is 2.23. The average molecular weight is 393 g/mol. The van der Waals surface area contributed by atoms with E-state index < -0.39 is 0 Å². The molecule has 0 bridgehead atoms. The number of hydrogen-bond acceptors (Lipinski definition) is 3. The summed E-state index contributed by atoms with van der Waals surface area (Å²) in [5.41, 5.74) is 2.74.